The summed E-state index contributed by atoms with van der Waals surface area (Å²) in [6.45, 7) is 9.55. The zero-order valence-electron chi connectivity index (χ0n) is 27.6. The Morgan fingerprint density at radius 1 is 0.913 bits per heavy atom. The third-order valence-corrected chi connectivity index (χ3v) is 10.5. The number of fused-ring (bicyclic) bond motifs is 1. The highest BCUT2D eigenvalue weighted by molar-refractivity contribution is 7.89. The smallest absolute Gasteiger partial charge is 0.252 e. The van der Waals surface area contributed by atoms with Crippen molar-refractivity contribution in [2.24, 2.45) is 11.8 Å². The van der Waals surface area contributed by atoms with Crippen LogP contribution in [0.1, 0.15) is 58.9 Å². The number of nitrogens with zero attached hydrogens (tertiary/aromatic N) is 3. The summed E-state index contributed by atoms with van der Waals surface area (Å²) in [5.41, 5.74) is 3.71. The Kier molecular flexibility index (Phi) is 12.7. The predicted octanol–water partition coefficient (Wildman–Crippen LogP) is 4.85. The normalized spacial score (nSPS) is 16.1. The molecule has 4 rings (SSSR count). The van der Waals surface area contributed by atoms with Crippen molar-refractivity contribution >= 4 is 32.6 Å². The molecule has 0 aliphatic carbocycles. The molecule has 0 radical (unpaired) electrons. The van der Waals surface area contributed by atoms with Crippen molar-refractivity contribution in [2.45, 2.75) is 76.8 Å². The number of hydrogen-bond acceptors (Lipinski definition) is 6. The van der Waals surface area contributed by atoms with Gasteiger partial charge in [-0.15, -0.1) is 0 Å². The third kappa shape index (κ3) is 9.61. The summed E-state index contributed by atoms with van der Waals surface area (Å²) < 4.78 is 29.6. The summed E-state index contributed by atoms with van der Waals surface area (Å²) in [5, 5.41) is 15.0. The first kappa shape index (κ1) is 35.5. The van der Waals surface area contributed by atoms with Crippen LogP contribution >= 0.6 is 0 Å². The van der Waals surface area contributed by atoms with Gasteiger partial charge in [-0.1, -0.05) is 94.8 Å². The number of hydrazine groups is 1. The average Bonchev–Trinajstić information content (AvgIpc) is 3.55. The van der Waals surface area contributed by atoms with Crippen LogP contribution in [-0.4, -0.2) is 84.4 Å². The van der Waals surface area contributed by atoms with Gasteiger partial charge in [0, 0.05) is 19.5 Å². The summed E-state index contributed by atoms with van der Waals surface area (Å²) in [5.74, 6) is -0.603. The second-order valence-corrected chi connectivity index (χ2v) is 15.0. The second kappa shape index (κ2) is 16.5. The lowest BCUT2D eigenvalue weighted by Gasteiger charge is -2.37. The van der Waals surface area contributed by atoms with Crippen LogP contribution in [0.15, 0.2) is 77.7 Å². The van der Waals surface area contributed by atoms with Crippen LogP contribution in [0.5, 0.6) is 0 Å². The molecule has 10 heteroatoms. The minimum Gasteiger partial charge on any atom is -0.390 e. The highest BCUT2D eigenvalue weighted by Gasteiger charge is 2.36. The van der Waals surface area contributed by atoms with Gasteiger partial charge >= 0.3 is 0 Å². The fourth-order valence-electron chi connectivity index (χ4n) is 5.92. The van der Waals surface area contributed by atoms with Crippen molar-refractivity contribution in [2.75, 3.05) is 32.7 Å². The first-order chi connectivity index (χ1) is 22.0. The molecule has 1 saturated heterocycles. The number of aliphatic hydroxyl groups excluding tert-OH is 1. The van der Waals surface area contributed by atoms with Gasteiger partial charge in [0.1, 0.15) is 0 Å². The van der Waals surface area contributed by atoms with Gasteiger partial charge in [0.15, 0.2) is 0 Å². The number of amides is 2. The van der Waals surface area contributed by atoms with Crippen molar-refractivity contribution in [3.05, 3.63) is 78.4 Å². The van der Waals surface area contributed by atoms with Crippen molar-refractivity contribution in [3.63, 3.8) is 0 Å². The maximum absolute atomic E-state index is 14.1. The fraction of sp³-hybridized carbons (Fsp3) is 0.500. The molecule has 0 spiro atoms. The number of carbonyl (C=O) groups is 2. The molecule has 3 atom stereocenters. The van der Waals surface area contributed by atoms with Crippen molar-refractivity contribution in [1.82, 2.24) is 19.6 Å². The minimum absolute atomic E-state index is 0.0293. The van der Waals surface area contributed by atoms with E-state index in [1.54, 1.807) is 18.2 Å². The Morgan fingerprint density at radius 3 is 2.22 bits per heavy atom. The molecule has 0 unspecified atom stereocenters. The van der Waals surface area contributed by atoms with Crippen molar-refractivity contribution in [3.8, 4) is 0 Å². The molecule has 9 nitrogen and oxygen atoms in total. The molecule has 1 heterocycles. The van der Waals surface area contributed by atoms with Crippen LogP contribution < -0.4 is 5.43 Å². The van der Waals surface area contributed by atoms with E-state index in [0.29, 0.717) is 0 Å². The molecule has 3 aromatic rings. The van der Waals surface area contributed by atoms with E-state index in [4.69, 9.17) is 0 Å². The zero-order valence-corrected chi connectivity index (χ0v) is 28.5. The second-order valence-electron chi connectivity index (χ2n) is 13.0. The molecule has 1 aliphatic heterocycles. The number of aliphatic hydroxyl groups is 1. The topological polar surface area (TPSA) is 110 Å². The lowest BCUT2D eigenvalue weighted by atomic mass is 9.98. The Bertz CT molecular complexity index is 1540. The molecule has 2 N–H and O–H groups in total. The van der Waals surface area contributed by atoms with Crippen LogP contribution in [-0.2, 0) is 26.0 Å². The molecule has 2 amide bonds. The van der Waals surface area contributed by atoms with E-state index in [1.165, 1.54) is 9.31 Å². The van der Waals surface area contributed by atoms with E-state index in [2.05, 4.69) is 10.3 Å². The van der Waals surface area contributed by atoms with Crippen LogP contribution in [0.3, 0.4) is 0 Å². The van der Waals surface area contributed by atoms with Gasteiger partial charge in [0.25, 0.3) is 5.91 Å². The van der Waals surface area contributed by atoms with Gasteiger partial charge in [-0.3, -0.25) is 19.9 Å². The molecular weight excluding hydrogens is 600 g/mol. The molecule has 46 heavy (non-hydrogen) atoms. The van der Waals surface area contributed by atoms with E-state index in [-0.39, 0.29) is 61.0 Å². The maximum atomic E-state index is 14.1. The van der Waals surface area contributed by atoms with Gasteiger partial charge in [0.05, 0.1) is 23.6 Å². The van der Waals surface area contributed by atoms with Crippen molar-refractivity contribution < 1.29 is 23.1 Å². The maximum Gasteiger partial charge on any atom is 0.252 e. The number of nitrogens with one attached hydrogen (secondary N) is 1. The number of rotatable bonds is 15. The lowest BCUT2D eigenvalue weighted by molar-refractivity contribution is -0.149. The van der Waals surface area contributed by atoms with Gasteiger partial charge in [0.2, 0.25) is 15.9 Å². The minimum atomic E-state index is -4.02. The standard InChI is InChI=1S/C36H50N4O5S/c1-5-28(4)21-36(43)40(37-35(42)26-38-19-11-12-20-38)33(22-29-13-7-6-8-14-29)34(41)25-39(24-27(2)3)46(44,45)32-18-17-30-15-9-10-16-31(30)23-32/h6-10,13-18,23,27-28,33-34,41H,5,11-12,19-22,24-26H2,1-4H3,(H,37,42)/t28-,33-,34+/m0/s1. The number of likely N-dealkylation sites (tertiary alicyclic amines) is 1. The summed E-state index contributed by atoms with van der Waals surface area (Å²) >= 11 is 0. The molecule has 1 fully saturated rings. The number of hydrogen-bond donors (Lipinski definition) is 2. The summed E-state index contributed by atoms with van der Waals surface area (Å²) in [6, 6.07) is 21.2. The van der Waals surface area contributed by atoms with Crippen LogP contribution in [0.25, 0.3) is 10.8 Å². The predicted molar refractivity (Wildman–Crippen MR) is 182 cm³/mol. The Hall–Kier alpha value is -3.31. The molecule has 0 saturated carbocycles. The number of sulfonamides is 1. The quantitative estimate of drug-likeness (QED) is 0.228. The van der Waals surface area contributed by atoms with Crippen molar-refractivity contribution in [1.29, 1.82) is 0 Å². The summed E-state index contributed by atoms with van der Waals surface area (Å²) in [6.07, 6.45) is 1.93. The highest BCUT2D eigenvalue weighted by atomic mass is 32.2. The van der Waals surface area contributed by atoms with E-state index in [1.807, 2.05) is 82.3 Å². The van der Waals surface area contributed by atoms with E-state index in [0.717, 1.165) is 48.7 Å². The number of carbonyl (C=O) groups excluding carboxylic acids is 2. The summed E-state index contributed by atoms with van der Waals surface area (Å²) in [7, 11) is -4.02. The lowest BCUT2D eigenvalue weighted by Crippen LogP contribution is -2.60. The van der Waals surface area contributed by atoms with Gasteiger partial charge in [-0.05, 0) is 72.7 Å². The summed E-state index contributed by atoms with van der Waals surface area (Å²) in [4.78, 5) is 29.4. The van der Waals surface area contributed by atoms with Crippen LogP contribution in [0.4, 0.5) is 0 Å². The molecule has 250 valence electrons. The monoisotopic (exact) mass is 650 g/mol. The first-order valence-corrected chi connectivity index (χ1v) is 18.0. The number of benzene rings is 3. The van der Waals surface area contributed by atoms with Crippen LogP contribution in [0, 0.1) is 11.8 Å². The van der Waals surface area contributed by atoms with Crippen LogP contribution in [0.2, 0.25) is 0 Å². The first-order valence-electron chi connectivity index (χ1n) is 16.5. The molecule has 3 aromatic carbocycles. The van der Waals surface area contributed by atoms with Gasteiger partial charge in [-0.25, -0.2) is 13.4 Å². The fourth-order valence-corrected chi connectivity index (χ4v) is 7.58. The molecule has 0 aromatic heterocycles. The van der Waals surface area contributed by atoms with E-state index < -0.39 is 22.2 Å². The van der Waals surface area contributed by atoms with E-state index in [9.17, 15) is 23.1 Å². The SMILES string of the molecule is CC[C@H](C)CC(=O)N(NC(=O)CN1CCCC1)[C@@H](Cc1ccccc1)[C@H](O)CN(CC(C)C)S(=O)(=O)c1ccc2ccccc2c1. The molecule has 0 bridgehead atoms. The molecule has 1 aliphatic rings. The largest absolute Gasteiger partial charge is 0.390 e. The zero-order chi connectivity index (χ0) is 33.3. The molecular formula is C36H50N4O5S. The highest BCUT2D eigenvalue weighted by Crippen LogP contribution is 2.25. The Morgan fingerprint density at radius 2 is 1.57 bits per heavy atom. The third-order valence-electron chi connectivity index (χ3n) is 8.68. The Labute approximate surface area is 274 Å². The average molecular weight is 651 g/mol. The van der Waals surface area contributed by atoms with E-state index >= 15 is 0 Å². The Balaban J connectivity index is 1.69. The van der Waals surface area contributed by atoms with Gasteiger partial charge < -0.3 is 5.11 Å². The van der Waals surface area contributed by atoms with Gasteiger partial charge in [-0.2, -0.15) is 4.31 Å².